The summed E-state index contributed by atoms with van der Waals surface area (Å²) < 4.78 is 14.3. The number of nitrogens with one attached hydrogen (secondary N) is 1. The summed E-state index contributed by atoms with van der Waals surface area (Å²) in [4.78, 5) is 33.2. The third-order valence-corrected chi connectivity index (χ3v) is 4.69. The van der Waals surface area contributed by atoms with Crippen LogP contribution in [0.1, 0.15) is 0 Å². The quantitative estimate of drug-likeness (QED) is 0.589. The summed E-state index contributed by atoms with van der Waals surface area (Å²) in [7, 11) is 0. The molecule has 8 heteroatoms. The van der Waals surface area contributed by atoms with Crippen molar-refractivity contribution in [2.24, 2.45) is 0 Å². The Bertz CT molecular complexity index is 1180. The molecule has 1 N–H and O–H groups in total. The lowest BCUT2D eigenvalue weighted by Gasteiger charge is -2.06. The Morgan fingerprint density at radius 1 is 1.15 bits per heavy atom. The molecule has 6 nitrogen and oxygen atoms in total. The minimum Gasteiger partial charge on any atom is -0.300 e. The van der Waals surface area contributed by atoms with Gasteiger partial charge >= 0.3 is 0 Å². The molecule has 2 aromatic carbocycles. The van der Waals surface area contributed by atoms with Crippen LogP contribution in [-0.4, -0.2) is 20.4 Å². The minimum atomic E-state index is -0.380. The molecule has 0 fully saturated rings. The molecule has 0 atom stereocenters. The summed E-state index contributed by atoms with van der Waals surface area (Å²) in [5, 5.41) is 5.31. The lowest BCUT2D eigenvalue weighted by molar-refractivity contribution is -0.116. The number of fused-ring (bicyclic) bond motifs is 1. The van der Waals surface area contributed by atoms with Gasteiger partial charge in [-0.05, 0) is 36.4 Å². The number of hydrogen-bond acceptors (Lipinski definition) is 5. The summed E-state index contributed by atoms with van der Waals surface area (Å²) in [6, 6.07) is 12.9. The fraction of sp³-hybridized carbons (Fsp3) is 0.0526. The Kier molecular flexibility index (Phi) is 4.47. The van der Waals surface area contributed by atoms with Gasteiger partial charge in [-0.25, -0.2) is 14.4 Å². The molecule has 0 unspecified atom stereocenters. The maximum Gasteiger partial charge on any atom is 0.261 e. The first-order valence-electron chi connectivity index (χ1n) is 8.06. The summed E-state index contributed by atoms with van der Waals surface area (Å²) in [5.41, 5.74) is 1.70. The van der Waals surface area contributed by atoms with Crippen molar-refractivity contribution < 1.29 is 9.18 Å². The van der Waals surface area contributed by atoms with Crippen LogP contribution in [0, 0.1) is 5.82 Å². The van der Waals surface area contributed by atoms with Gasteiger partial charge in [-0.3, -0.25) is 14.2 Å². The van der Waals surface area contributed by atoms with Gasteiger partial charge in [0.25, 0.3) is 5.56 Å². The summed E-state index contributed by atoms with van der Waals surface area (Å²) in [6.07, 6.45) is 1.36. The normalized spacial score (nSPS) is 10.9. The highest BCUT2D eigenvalue weighted by Gasteiger charge is 2.11. The maximum atomic E-state index is 13.0. The van der Waals surface area contributed by atoms with E-state index in [0.717, 1.165) is 5.56 Å². The number of rotatable bonds is 4. The van der Waals surface area contributed by atoms with E-state index in [4.69, 9.17) is 0 Å². The van der Waals surface area contributed by atoms with Crippen molar-refractivity contribution in [1.29, 1.82) is 0 Å². The number of anilines is 1. The van der Waals surface area contributed by atoms with Gasteiger partial charge in [0.2, 0.25) is 5.91 Å². The lowest BCUT2D eigenvalue weighted by Crippen LogP contribution is -2.27. The third-order valence-electron chi connectivity index (χ3n) is 3.94. The van der Waals surface area contributed by atoms with Crippen LogP contribution in [0.5, 0.6) is 0 Å². The number of halogens is 1. The highest BCUT2D eigenvalue weighted by atomic mass is 32.1. The Balaban J connectivity index is 1.49. The van der Waals surface area contributed by atoms with E-state index in [1.165, 1.54) is 34.4 Å². The Morgan fingerprint density at radius 3 is 2.74 bits per heavy atom. The van der Waals surface area contributed by atoms with Crippen molar-refractivity contribution in [2.45, 2.75) is 6.54 Å². The van der Waals surface area contributed by atoms with Gasteiger partial charge in [-0.2, -0.15) is 0 Å². The van der Waals surface area contributed by atoms with Gasteiger partial charge in [0, 0.05) is 10.9 Å². The zero-order valence-electron chi connectivity index (χ0n) is 13.9. The van der Waals surface area contributed by atoms with Crippen molar-refractivity contribution in [2.75, 3.05) is 5.32 Å². The number of thiazole rings is 1. The summed E-state index contributed by atoms with van der Waals surface area (Å²) >= 11 is 1.25. The third kappa shape index (κ3) is 3.61. The van der Waals surface area contributed by atoms with E-state index in [1.807, 2.05) is 0 Å². The number of carbonyl (C=O) groups is 1. The number of benzene rings is 2. The topological polar surface area (TPSA) is 76.9 Å². The number of para-hydroxylation sites is 1. The smallest absolute Gasteiger partial charge is 0.261 e. The van der Waals surface area contributed by atoms with E-state index < -0.39 is 0 Å². The van der Waals surface area contributed by atoms with Crippen molar-refractivity contribution >= 4 is 33.3 Å². The van der Waals surface area contributed by atoms with Gasteiger partial charge in [0.05, 0.1) is 22.9 Å². The number of hydrogen-bond donors (Lipinski definition) is 1. The van der Waals surface area contributed by atoms with E-state index in [-0.39, 0.29) is 23.8 Å². The first kappa shape index (κ1) is 17.0. The highest BCUT2D eigenvalue weighted by Crippen LogP contribution is 2.25. The van der Waals surface area contributed by atoms with E-state index in [1.54, 1.807) is 41.8 Å². The molecular formula is C19H13FN4O2S. The largest absolute Gasteiger partial charge is 0.300 e. The molecule has 4 aromatic rings. The number of amides is 1. The highest BCUT2D eigenvalue weighted by molar-refractivity contribution is 7.14. The average Bonchev–Trinajstić information content (AvgIpc) is 3.13. The number of aromatic nitrogens is 3. The molecule has 2 heterocycles. The molecule has 1 amide bonds. The van der Waals surface area contributed by atoms with Crippen LogP contribution in [0.2, 0.25) is 0 Å². The second-order valence-electron chi connectivity index (χ2n) is 5.79. The second-order valence-corrected chi connectivity index (χ2v) is 6.65. The van der Waals surface area contributed by atoms with E-state index in [9.17, 15) is 14.0 Å². The molecule has 2 aromatic heterocycles. The Labute approximate surface area is 157 Å². The summed E-state index contributed by atoms with van der Waals surface area (Å²) in [5.74, 6) is -0.703. The molecule has 0 spiro atoms. The van der Waals surface area contributed by atoms with Crippen molar-refractivity contribution in [3.63, 3.8) is 0 Å². The van der Waals surface area contributed by atoms with E-state index in [2.05, 4.69) is 15.3 Å². The van der Waals surface area contributed by atoms with Crippen LogP contribution in [0.3, 0.4) is 0 Å². The molecule has 0 radical (unpaired) electrons. The summed E-state index contributed by atoms with van der Waals surface area (Å²) in [6.45, 7) is -0.165. The monoisotopic (exact) mass is 380 g/mol. The van der Waals surface area contributed by atoms with Gasteiger partial charge in [0.1, 0.15) is 12.4 Å². The average molecular weight is 380 g/mol. The van der Waals surface area contributed by atoms with Crippen LogP contribution in [0.4, 0.5) is 9.52 Å². The second kappa shape index (κ2) is 7.08. The van der Waals surface area contributed by atoms with Gasteiger partial charge < -0.3 is 5.32 Å². The van der Waals surface area contributed by atoms with Crippen molar-refractivity contribution in [1.82, 2.24) is 14.5 Å². The maximum absolute atomic E-state index is 13.0. The van der Waals surface area contributed by atoms with Crippen molar-refractivity contribution in [3.8, 4) is 11.3 Å². The number of nitrogens with zero attached hydrogens (tertiary/aromatic N) is 3. The van der Waals surface area contributed by atoms with Gasteiger partial charge in [0.15, 0.2) is 5.13 Å². The minimum absolute atomic E-state index is 0.165. The van der Waals surface area contributed by atoms with Gasteiger partial charge in [-0.1, -0.05) is 12.1 Å². The van der Waals surface area contributed by atoms with E-state index in [0.29, 0.717) is 21.7 Å². The Hall–Kier alpha value is -3.39. The predicted molar refractivity (Wildman–Crippen MR) is 102 cm³/mol. The first-order chi connectivity index (χ1) is 13.1. The van der Waals surface area contributed by atoms with Crippen LogP contribution in [-0.2, 0) is 11.3 Å². The molecule has 0 aliphatic heterocycles. The molecule has 27 heavy (non-hydrogen) atoms. The fourth-order valence-electron chi connectivity index (χ4n) is 2.62. The lowest BCUT2D eigenvalue weighted by atomic mass is 10.2. The van der Waals surface area contributed by atoms with Crippen molar-refractivity contribution in [3.05, 3.63) is 76.4 Å². The Morgan fingerprint density at radius 2 is 1.93 bits per heavy atom. The molecular weight excluding hydrogens is 367 g/mol. The zero-order chi connectivity index (χ0) is 18.8. The van der Waals surface area contributed by atoms with Gasteiger partial charge in [-0.15, -0.1) is 11.3 Å². The SMILES string of the molecule is O=C(Cn1cnc2ccccc2c1=O)Nc1nc(-c2ccc(F)cc2)cs1. The molecule has 0 saturated carbocycles. The fourth-order valence-corrected chi connectivity index (χ4v) is 3.35. The molecule has 0 aliphatic rings. The van der Waals surface area contributed by atoms with Crippen LogP contribution in [0.15, 0.2) is 65.0 Å². The van der Waals surface area contributed by atoms with E-state index >= 15 is 0 Å². The predicted octanol–water partition coefficient (Wildman–Crippen LogP) is 3.30. The molecule has 0 saturated heterocycles. The standard InChI is InChI=1S/C19H13FN4O2S/c20-13-7-5-12(6-8-13)16-10-27-19(22-16)23-17(25)9-24-11-21-15-4-2-1-3-14(15)18(24)26/h1-8,10-11H,9H2,(H,22,23,25). The van der Waals surface area contributed by atoms with Crippen LogP contribution < -0.4 is 10.9 Å². The van der Waals surface area contributed by atoms with Crippen LogP contribution in [0.25, 0.3) is 22.2 Å². The molecule has 0 bridgehead atoms. The molecule has 134 valence electrons. The zero-order valence-corrected chi connectivity index (χ0v) is 14.7. The number of carbonyl (C=O) groups excluding carboxylic acids is 1. The molecule has 0 aliphatic carbocycles. The first-order valence-corrected chi connectivity index (χ1v) is 8.93. The van der Waals surface area contributed by atoms with Crippen LogP contribution >= 0.6 is 11.3 Å². The molecule has 4 rings (SSSR count).